The highest BCUT2D eigenvalue weighted by molar-refractivity contribution is 6.35. The number of hydrogen-bond acceptors (Lipinski definition) is 3. The molecule has 2 N–H and O–H groups in total. The molecule has 2 rings (SSSR count). The Morgan fingerprint density at radius 3 is 3.00 bits per heavy atom. The van der Waals surface area contributed by atoms with Crippen LogP contribution in [0.3, 0.4) is 0 Å². The number of halogens is 1. The van der Waals surface area contributed by atoms with E-state index in [9.17, 15) is 4.79 Å². The van der Waals surface area contributed by atoms with Gasteiger partial charge in [-0.3, -0.25) is 0 Å². The summed E-state index contributed by atoms with van der Waals surface area (Å²) in [6.07, 6.45) is 6.46. The van der Waals surface area contributed by atoms with Crippen LogP contribution in [-0.4, -0.2) is 22.6 Å². The molecule has 1 aliphatic rings. The summed E-state index contributed by atoms with van der Waals surface area (Å²) in [6, 6.07) is 1.40. The molecular weight excluding hydrogens is 240 g/mol. The van der Waals surface area contributed by atoms with E-state index < -0.39 is 5.97 Å². The second-order valence-electron chi connectivity index (χ2n) is 4.34. The SMILES string of the molecule is O=C(O)c1ccnc(NCCCC2CC2)c1Cl. The maximum Gasteiger partial charge on any atom is 0.337 e. The molecule has 92 valence electrons. The molecule has 1 aliphatic carbocycles. The van der Waals surface area contributed by atoms with E-state index in [2.05, 4.69) is 10.3 Å². The number of aromatic nitrogens is 1. The van der Waals surface area contributed by atoms with Crippen molar-refractivity contribution in [1.82, 2.24) is 4.98 Å². The van der Waals surface area contributed by atoms with E-state index in [1.807, 2.05) is 0 Å². The highest BCUT2D eigenvalue weighted by Crippen LogP contribution is 2.33. The summed E-state index contributed by atoms with van der Waals surface area (Å²) in [5, 5.41) is 12.2. The lowest BCUT2D eigenvalue weighted by molar-refractivity contribution is 0.0697. The van der Waals surface area contributed by atoms with Crippen molar-refractivity contribution in [2.45, 2.75) is 25.7 Å². The van der Waals surface area contributed by atoms with E-state index in [-0.39, 0.29) is 10.6 Å². The molecule has 0 spiro atoms. The number of pyridine rings is 1. The van der Waals surface area contributed by atoms with Gasteiger partial charge >= 0.3 is 5.97 Å². The highest BCUT2D eigenvalue weighted by Gasteiger charge is 2.20. The first-order valence-electron chi connectivity index (χ1n) is 5.80. The Labute approximate surface area is 105 Å². The van der Waals surface area contributed by atoms with Gasteiger partial charge in [-0.2, -0.15) is 0 Å². The zero-order valence-corrected chi connectivity index (χ0v) is 10.2. The van der Waals surface area contributed by atoms with Crippen molar-refractivity contribution >= 4 is 23.4 Å². The Balaban J connectivity index is 1.90. The van der Waals surface area contributed by atoms with Crippen LogP contribution in [0.25, 0.3) is 0 Å². The van der Waals surface area contributed by atoms with Gasteiger partial charge in [0.1, 0.15) is 5.82 Å². The molecule has 1 aromatic rings. The molecule has 5 heteroatoms. The fraction of sp³-hybridized carbons (Fsp3) is 0.500. The fourth-order valence-corrected chi connectivity index (χ4v) is 2.00. The number of aromatic carboxylic acids is 1. The minimum Gasteiger partial charge on any atom is -0.478 e. The number of carboxylic acid groups (broad SMARTS) is 1. The number of nitrogens with zero attached hydrogens (tertiary/aromatic N) is 1. The average molecular weight is 255 g/mol. The maximum absolute atomic E-state index is 10.9. The Kier molecular flexibility index (Phi) is 3.84. The summed E-state index contributed by atoms with van der Waals surface area (Å²) in [5.41, 5.74) is 0.0892. The van der Waals surface area contributed by atoms with Crippen molar-refractivity contribution in [3.63, 3.8) is 0 Å². The second-order valence-corrected chi connectivity index (χ2v) is 4.72. The van der Waals surface area contributed by atoms with E-state index in [1.54, 1.807) is 0 Å². The van der Waals surface area contributed by atoms with Crippen molar-refractivity contribution in [3.05, 3.63) is 22.8 Å². The van der Waals surface area contributed by atoms with Gasteiger partial charge in [0, 0.05) is 12.7 Å². The van der Waals surface area contributed by atoms with E-state index >= 15 is 0 Å². The molecular formula is C12H15ClN2O2. The summed E-state index contributed by atoms with van der Waals surface area (Å²) >= 11 is 5.95. The van der Waals surface area contributed by atoms with E-state index in [0.717, 1.165) is 18.9 Å². The molecule has 1 heterocycles. The molecule has 1 aromatic heterocycles. The van der Waals surface area contributed by atoms with Gasteiger partial charge in [-0.05, 0) is 24.8 Å². The van der Waals surface area contributed by atoms with Gasteiger partial charge in [0.05, 0.1) is 10.6 Å². The van der Waals surface area contributed by atoms with Crippen LogP contribution in [0.4, 0.5) is 5.82 Å². The third kappa shape index (κ3) is 3.33. The Morgan fingerprint density at radius 2 is 2.35 bits per heavy atom. The number of nitrogens with one attached hydrogen (secondary N) is 1. The number of anilines is 1. The topological polar surface area (TPSA) is 62.2 Å². The molecule has 0 bridgehead atoms. The van der Waals surface area contributed by atoms with Crippen LogP contribution in [0.15, 0.2) is 12.3 Å². The molecule has 17 heavy (non-hydrogen) atoms. The molecule has 0 saturated heterocycles. The second kappa shape index (κ2) is 5.36. The predicted octanol–water partition coefficient (Wildman–Crippen LogP) is 3.04. The van der Waals surface area contributed by atoms with E-state index in [0.29, 0.717) is 5.82 Å². The van der Waals surface area contributed by atoms with Crippen molar-refractivity contribution < 1.29 is 9.90 Å². The largest absolute Gasteiger partial charge is 0.478 e. The standard InChI is InChI=1S/C12H15ClN2O2/c13-10-9(12(16)17)5-7-15-11(10)14-6-1-2-8-3-4-8/h5,7-8H,1-4,6H2,(H,14,15)(H,16,17). The number of rotatable bonds is 6. The summed E-state index contributed by atoms with van der Waals surface area (Å²) < 4.78 is 0. The molecule has 1 saturated carbocycles. The van der Waals surface area contributed by atoms with Crippen LogP contribution in [0.2, 0.25) is 5.02 Å². The van der Waals surface area contributed by atoms with Gasteiger partial charge in [0.2, 0.25) is 0 Å². The minimum atomic E-state index is -1.03. The van der Waals surface area contributed by atoms with Gasteiger partial charge in [0.15, 0.2) is 0 Å². The lowest BCUT2D eigenvalue weighted by atomic mass is 10.2. The normalized spacial score (nSPS) is 14.6. The van der Waals surface area contributed by atoms with Crippen molar-refractivity contribution in [1.29, 1.82) is 0 Å². The summed E-state index contributed by atoms with van der Waals surface area (Å²) in [7, 11) is 0. The van der Waals surface area contributed by atoms with Gasteiger partial charge in [-0.1, -0.05) is 24.4 Å². The van der Waals surface area contributed by atoms with Gasteiger partial charge in [-0.15, -0.1) is 0 Å². The summed E-state index contributed by atoms with van der Waals surface area (Å²) in [4.78, 5) is 14.9. The number of carboxylic acids is 1. The molecule has 4 nitrogen and oxygen atoms in total. The summed E-state index contributed by atoms with van der Waals surface area (Å²) in [5.74, 6) is 0.339. The van der Waals surface area contributed by atoms with Crippen LogP contribution in [0.5, 0.6) is 0 Å². The zero-order valence-electron chi connectivity index (χ0n) is 9.45. The number of carbonyl (C=O) groups is 1. The summed E-state index contributed by atoms with van der Waals surface area (Å²) in [6.45, 7) is 0.784. The first-order chi connectivity index (χ1) is 8.18. The van der Waals surface area contributed by atoms with Crippen LogP contribution in [0, 0.1) is 5.92 Å². The molecule has 0 aromatic carbocycles. The Bertz CT molecular complexity index is 419. The van der Waals surface area contributed by atoms with E-state index in [1.165, 1.54) is 31.5 Å². The number of hydrogen-bond donors (Lipinski definition) is 2. The first-order valence-corrected chi connectivity index (χ1v) is 6.18. The Morgan fingerprint density at radius 1 is 1.59 bits per heavy atom. The van der Waals surface area contributed by atoms with Crippen LogP contribution >= 0.6 is 11.6 Å². The van der Waals surface area contributed by atoms with Crippen LogP contribution in [-0.2, 0) is 0 Å². The van der Waals surface area contributed by atoms with Gasteiger partial charge in [0.25, 0.3) is 0 Å². The molecule has 0 radical (unpaired) electrons. The lowest BCUT2D eigenvalue weighted by Crippen LogP contribution is -2.07. The average Bonchev–Trinajstić information content (AvgIpc) is 3.10. The monoisotopic (exact) mass is 254 g/mol. The predicted molar refractivity (Wildman–Crippen MR) is 66.7 cm³/mol. The van der Waals surface area contributed by atoms with Crippen LogP contribution < -0.4 is 5.32 Å². The van der Waals surface area contributed by atoms with Crippen molar-refractivity contribution in [2.24, 2.45) is 5.92 Å². The molecule has 0 unspecified atom stereocenters. The van der Waals surface area contributed by atoms with Crippen molar-refractivity contribution in [2.75, 3.05) is 11.9 Å². The lowest BCUT2D eigenvalue weighted by Gasteiger charge is -2.08. The molecule has 0 atom stereocenters. The van der Waals surface area contributed by atoms with Gasteiger partial charge < -0.3 is 10.4 Å². The van der Waals surface area contributed by atoms with E-state index in [4.69, 9.17) is 16.7 Å². The minimum absolute atomic E-state index is 0.0892. The maximum atomic E-state index is 10.9. The molecule has 0 aliphatic heterocycles. The molecule has 0 amide bonds. The molecule has 1 fully saturated rings. The Hall–Kier alpha value is -1.29. The van der Waals surface area contributed by atoms with Crippen molar-refractivity contribution in [3.8, 4) is 0 Å². The van der Waals surface area contributed by atoms with Crippen LogP contribution in [0.1, 0.15) is 36.0 Å². The fourth-order valence-electron chi connectivity index (χ4n) is 1.74. The third-order valence-corrected chi connectivity index (χ3v) is 3.28. The quantitative estimate of drug-likeness (QED) is 0.766. The zero-order chi connectivity index (χ0) is 12.3. The smallest absolute Gasteiger partial charge is 0.337 e. The highest BCUT2D eigenvalue weighted by atomic mass is 35.5. The third-order valence-electron chi connectivity index (χ3n) is 2.90. The first kappa shape index (κ1) is 12.2. The van der Waals surface area contributed by atoms with Gasteiger partial charge in [-0.25, -0.2) is 9.78 Å².